The molecule has 1 heterocycles. The highest BCUT2D eigenvalue weighted by Crippen LogP contribution is 2.37. The number of rotatable bonds is 7. The molecule has 1 aromatic rings. The minimum atomic E-state index is -0.774. The SMILES string of the molecule is CCCOC1CCC(C)(N2CCC(Nc3cc(C)cc(F)c3[N+](=O)[O-])CC2)CC1. The second-order valence-corrected chi connectivity index (χ2v) is 8.87. The first kappa shape index (κ1) is 22.0. The Morgan fingerprint density at radius 1 is 1.28 bits per heavy atom. The van der Waals surface area contributed by atoms with Gasteiger partial charge in [-0.3, -0.25) is 15.0 Å². The van der Waals surface area contributed by atoms with Gasteiger partial charge in [0, 0.05) is 31.3 Å². The van der Waals surface area contributed by atoms with E-state index in [9.17, 15) is 14.5 Å². The van der Waals surface area contributed by atoms with Crippen LogP contribution in [0.5, 0.6) is 0 Å². The molecule has 0 amide bonds. The van der Waals surface area contributed by atoms with Gasteiger partial charge in [0.15, 0.2) is 0 Å². The number of nitro groups is 1. The summed E-state index contributed by atoms with van der Waals surface area (Å²) < 4.78 is 20.0. The molecule has 1 aromatic carbocycles. The molecule has 0 atom stereocenters. The molecule has 1 saturated carbocycles. The van der Waals surface area contributed by atoms with Crippen LogP contribution in [0.1, 0.15) is 64.4 Å². The maximum atomic E-state index is 14.1. The quantitative estimate of drug-likeness (QED) is 0.506. The highest BCUT2D eigenvalue weighted by atomic mass is 19.1. The molecule has 7 heteroatoms. The summed E-state index contributed by atoms with van der Waals surface area (Å²) in [5, 5.41) is 14.5. The Bertz CT molecular complexity index is 711. The zero-order chi connectivity index (χ0) is 21.0. The number of ether oxygens (including phenoxy) is 1. The van der Waals surface area contributed by atoms with Gasteiger partial charge in [-0.25, -0.2) is 0 Å². The van der Waals surface area contributed by atoms with Gasteiger partial charge in [-0.05, 0) is 76.5 Å². The van der Waals surface area contributed by atoms with Gasteiger partial charge >= 0.3 is 5.69 Å². The first-order valence-corrected chi connectivity index (χ1v) is 10.9. The zero-order valence-corrected chi connectivity index (χ0v) is 17.9. The number of aryl methyl sites for hydroxylation is 1. The Morgan fingerprint density at radius 3 is 2.52 bits per heavy atom. The van der Waals surface area contributed by atoms with Crippen LogP contribution in [0.3, 0.4) is 0 Å². The van der Waals surface area contributed by atoms with E-state index < -0.39 is 16.4 Å². The Morgan fingerprint density at radius 2 is 1.93 bits per heavy atom. The van der Waals surface area contributed by atoms with Gasteiger partial charge in [-0.2, -0.15) is 4.39 Å². The molecule has 1 aliphatic carbocycles. The molecule has 1 aliphatic heterocycles. The van der Waals surface area contributed by atoms with Crippen molar-refractivity contribution < 1.29 is 14.1 Å². The van der Waals surface area contributed by atoms with Crippen molar-refractivity contribution in [2.75, 3.05) is 25.0 Å². The average Bonchev–Trinajstić information content (AvgIpc) is 2.67. The lowest BCUT2D eigenvalue weighted by Crippen LogP contribution is -2.53. The van der Waals surface area contributed by atoms with Crippen LogP contribution in [0.4, 0.5) is 15.8 Å². The van der Waals surface area contributed by atoms with Crippen LogP contribution in [0.15, 0.2) is 12.1 Å². The number of hydrogen-bond donors (Lipinski definition) is 1. The van der Waals surface area contributed by atoms with Gasteiger partial charge in [-0.1, -0.05) is 6.92 Å². The van der Waals surface area contributed by atoms with Crippen LogP contribution in [0, 0.1) is 22.9 Å². The van der Waals surface area contributed by atoms with E-state index in [1.807, 2.05) is 0 Å². The van der Waals surface area contributed by atoms with E-state index >= 15 is 0 Å². The maximum absolute atomic E-state index is 14.1. The topological polar surface area (TPSA) is 67.6 Å². The van der Waals surface area contributed by atoms with Crippen LogP contribution < -0.4 is 5.32 Å². The fraction of sp³-hybridized carbons (Fsp3) is 0.727. The van der Waals surface area contributed by atoms with Crippen molar-refractivity contribution in [3.05, 3.63) is 33.6 Å². The number of likely N-dealkylation sites (tertiary alicyclic amines) is 1. The first-order chi connectivity index (χ1) is 13.8. The molecular formula is C22H34FN3O3. The van der Waals surface area contributed by atoms with Crippen LogP contribution in [-0.2, 0) is 4.74 Å². The minimum Gasteiger partial charge on any atom is -0.378 e. The molecule has 0 unspecified atom stereocenters. The highest BCUT2D eigenvalue weighted by molar-refractivity contribution is 5.64. The molecule has 0 radical (unpaired) electrons. The summed E-state index contributed by atoms with van der Waals surface area (Å²) in [7, 11) is 0. The molecule has 3 rings (SSSR count). The van der Waals surface area contributed by atoms with E-state index in [0.717, 1.165) is 64.6 Å². The third kappa shape index (κ3) is 5.25. The second-order valence-electron chi connectivity index (χ2n) is 8.87. The molecule has 0 spiro atoms. The molecular weight excluding hydrogens is 373 g/mol. The van der Waals surface area contributed by atoms with Crippen LogP contribution in [-0.4, -0.2) is 47.2 Å². The van der Waals surface area contributed by atoms with E-state index in [0.29, 0.717) is 17.4 Å². The summed E-state index contributed by atoms with van der Waals surface area (Å²) in [6, 6.07) is 3.01. The normalized spacial score (nSPS) is 26.4. The van der Waals surface area contributed by atoms with Crippen molar-refractivity contribution in [1.29, 1.82) is 0 Å². The third-order valence-corrected chi connectivity index (χ3v) is 6.58. The molecule has 2 aliphatic rings. The summed E-state index contributed by atoms with van der Waals surface area (Å²) in [6.45, 7) is 9.02. The van der Waals surface area contributed by atoms with E-state index in [1.165, 1.54) is 6.07 Å². The lowest BCUT2D eigenvalue weighted by molar-refractivity contribution is -0.386. The minimum absolute atomic E-state index is 0.124. The number of nitrogens with one attached hydrogen (secondary N) is 1. The first-order valence-electron chi connectivity index (χ1n) is 10.9. The standard InChI is InChI=1S/C22H34FN3O3/c1-4-13-29-18-5-9-22(3,10-6-18)25-11-7-17(8-12-25)24-20-15-16(2)14-19(23)21(20)26(27)28/h14-15,17-18,24H,4-13H2,1-3H3. The lowest BCUT2D eigenvalue weighted by atomic mass is 9.79. The van der Waals surface area contributed by atoms with E-state index in [1.54, 1.807) is 13.0 Å². The average molecular weight is 408 g/mol. The van der Waals surface area contributed by atoms with Crippen molar-refractivity contribution in [3.63, 3.8) is 0 Å². The largest absolute Gasteiger partial charge is 0.378 e. The smallest absolute Gasteiger partial charge is 0.327 e. The Balaban J connectivity index is 1.56. The number of anilines is 1. The number of piperidine rings is 1. The highest BCUT2D eigenvalue weighted by Gasteiger charge is 2.38. The Hall–Kier alpha value is -1.73. The lowest BCUT2D eigenvalue weighted by Gasteiger charge is -2.48. The van der Waals surface area contributed by atoms with Gasteiger partial charge in [-0.15, -0.1) is 0 Å². The van der Waals surface area contributed by atoms with E-state index in [-0.39, 0.29) is 11.6 Å². The maximum Gasteiger partial charge on any atom is 0.327 e. The van der Waals surface area contributed by atoms with Crippen molar-refractivity contribution in [2.45, 2.75) is 83.4 Å². The van der Waals surface area contributed by atoms with Gasteiger partial charge in [0.05, 0.1) is 11.0 Å². The molecule has 0 aromatic heterocycles. The number of nitro benzene ring substituents is 1. The monoisotopic (exact) mass is 407 g/mol. The van der Waals surface area contributed by atoms with Gasteiger partial charge in [0.1, 0.15) is 5.69 Å². The van der Waals surface area contributed by atoms with Crippen LogP contribution >= 0.6 is 0 Å². The van der Waals surface area contributed by atoms with Gasteiger partial charge < -0.3 is 10.1 Å². The summed E-state index contributed by atoms with van der Waals surface area (Å²) in [5.41, 5.74) is 0.738. The predicted octanol–water partition coefficient (Wildman–Crippen LogP) is 5.05. The molecule has 29 heavy (non-hydrogen) atoms. The summed E-state index contributed by atoms with van der Waals surface area (Å²) >= 11 is 0. The molecule has 1 saturated heterocycles. The summed E-state index contributed by atoms with van der Waals surface area (Å²) in [6.07, 6.45) is 7.79. The Labute approximate surface area is 173 Å². The number of nitrogens with zero attached hydrogens (tertiary/aromatic N) is 2. The third-order valence-electron chi connectivity index (χ3n) is 6.58. The number of halogens is 1. The summed E-state index contributed by atoms with van der Waals surface area (Å²) in [5.74, 6) is -0.774. The van der Waals surface area contributed by atoms with Gasteiger partial charge in [0.25, 0.3) is 0 Å². The Kier molecular flexibility index (Phi) is 7.11. The molecule has 6 nitrogen and oxygen atoms in total. The number of hydrogen-bond acceptors (Lipinski definition) is 5. The zero-order valence-electron chi connectivity index (χ0n) is 17.9. The predicted molar refractivity (Wildman–Crippen MR) is 113 cm³/mol. The fourth-order valence-corrected chi connectivity index (χ4v) is 4.79. The molecule has 1 N–H and O–H groups in total. The van der Waals surface area contributed by atoms with Crippen molar-refractivity contribution >= 4 is 11.4 Å². The van der Waals surface area contributed by atoms with Gasteiger partial charge in [0.2, 0.25) is 5.82 Å². The second kappa shape index (κ2) is 9.39. The van der Waals surface area contributed by atoms with E-state index in [2.05, 4.69) is 24.1 Å². The van der Waals surface area contributed by atoms with Crippen LogP contribution in [0.2, 0.25) is 0 Å². The van der Waals surface area contributed by atoms with Crippen LogP contribution in [0.25, 0.3) is 0 Å². The molecule has 0 bridgehead atoms. The van der Waals surface area contributed by atoms with Crippen molar-refractivity contribution in [3.8, 4) is 0 Å². The fourth-order valence-electron chi connectivity index (χ4n) is 4.79. The van der Waals surface area contributed by atoms with E-state index in [4.69, 9.17) is 4.74 Å². The molecule has 162 valence electrons. The van der Waals surface area contributed by atoms with Crippen molar-refractivity contribution in [1.82, 2.24) is 4.90 Å². The summed E-state index contributed by atoms with van der Waals surface area (Å²) in [4.78, 5) is 13.2. The van der Waals surface area contributed by atoms with Crippen molar-refractivity contribution in [2.24, 2.45) is 0 Å². The molecule has 2 fully saturated rings. The number of benzene rings is 1.